The van der Waals surface area contributed by atoms with Crippen LogP contribution >= 0.6 is 0 Å². The van der Waals surface area contributed by atoms with Crippen molar-refractivity contribution in [3.63, 3.8) is 0 Å². The topological polar surface area (TPSA) is 92.9 Å². The molecule has 1 aromatic carbocycles. The van der Waals surface area contributed by atoms with Crippen molar-refractivity contribution < 1.29 is 23.8 Å². The van der Waals surface area contributed by atoms with Gasteiger partial charge in [0.05, 0.1) is 12.3 Å². The minimum atomic E-state index is -0.991. The smallest absolute Gasteiger partial charge is 0.326 e. The number of ether oxygens (including phenoxy) is 1. The molecule has 2 aromatic rings. The van der Waals surface area contributed by atoms with E-state index in [9.17, 15) is 14.7 Å². The lowest BCUT2D eigenvalue weighted by Crippen LogP contribution is -2.48. The Morgan fingerprint density at radius 2 is 2.12 bits per heavy atom. The molecule has 1 aliphatic heterocycles. The Labute approximate surface area is 201 Å². The van der Waals surface area contributed by atoms with Gasteiger partial charge in [-0.15, -0.1) is 0 Å². The molecule has 1 aliphatic rings. The van der Waals surface area contributed by atoms with Gasteiger partial charge >= 0.3 is 5.97 Å². The fourth-order valence-electron chi connectivity index (χ4n) is 3.78. The fourth-order valence-corrected chi connectivity index (χ4v) is 3.78. The summed E-state index contributed by atoms with van der Waals surface area (Å²) in [5, 5.41) is 9.65. The number of amides is 1. The van der Waals surface area contributed by atoms with Crippen molar-refractivity contribution in [2.45, 2.75) is 65.5 Å². The summed E-state index contributed by atoms with van der Waals surface area (Å²) < 4.78 is 11.4. The molecule has 0 saturated heterocycles. The quantitative estimate of drug-likeness (QED) is 0.466. The molecular formula is C27H34N2O5. The Morgan fingerprint density at radius 3 is 2.85 bits per heavy atom. The first-order chi connectivity index (χ1) is 16.4. The highest BCUT2D eigenvalue weighted by atomic mass is 16.5. The summed E-state index contributed by atoms with van der Waals surface area (Å²) in [6.45, 7) is 7.02. The van der Waals surface area contributed by atoms with Gasteiger partial charge in [0.2, 0.25) is 11.8 Å². The van der Waals surface area contributed by atoms with E-state index in [0.717, 1.165) is 36.1 Å². The minimum Gasteiger partial charge on any atom is -0.493 e. The maximum atomic E-state index is 12.6. The molecule has 2 heterocycles. The number of carboxylic acid groups (broad SMARTS) is 1. The number of fused-ring (bicyclic) bond motifs is 1. The fraction of sp³-hybridized carbons (Fsp3) is 0.444. The van der Waals surface area contributed by atoms with E-state index in [1.807, 2.05) is 31.2 Å². The van der Waals surface area contributed by atoms with Gasteiger partial charge in [-0.3, -0.25) is 4.79 Å². The molecule has 0 bridgehead atoms. The molecule has 34 heavy (non-hydrogen) atoms. The monoisotopic (exact) mass is 466 g/mol. The van der Waals surface area contributed by atoms with Gasteiger partial charge in [0.1, 0.15) is 18.1 Å². The third-order valence-corrected chi connectivity index (χ3v) is 5.66. The molecule has 1 aromatic heterocycles. The number of aliphatic carboxylic acids is 1. The summed E-state index contributed by atoms with van der Waals surface area (Å²) in [4.78, 5) is 30.3. The maximum absolute atomic E-state index is 12.6. The summed E-state index contributed by atoms with van der Waals surface area (Å²) in [6, 6.07) is 4.77. The normalized spacial score (nSPS) is 15.9. The van der Waals surface area contributed by atoms with Crippen LogP contribution in [0.4, 0.5) is 0 Å². The zero-order valence-electron chi connectivity index (χ0n) is 20.2. The average Bonchev–Trinajstić information content (AvgIpc) is 3.25. The lowest BCUT2D eigenvalue weighted by molar-refractivity contribution is -0.149. The van der Waals surface area contributed by atoms with Crippen LogP contribution in [0.3, 0.4) is 0 Å². The van der Waals surface area contributed by atoms with Gasteiger partial charge in [0.25, 0.3) is 0 Å². The Morgan fingerprint density at radius 1 is 1.29 bits per heavy atom. The standard InChI is InChI=1S/C27H34N2O5/c1-4-5-6-10-26(30)29-17-21-15-23(12-11-20(21)16-24(29)27(31)32)33-14-13-22-18-34-25(28-22)9-7-8-19(2)3/h6-7,9-12,15,18-19,24H,4-5,8,13-14,16-17H2,1-3H3,(H,31,32)/b9-7+,10-6+/t24-/m0/s1. The summed E-state index contributed by atoms with van der Waals surface area (Å²) >= 11 is 0. The van der Waals surface area contributed by atoms with Crippen LogP contribution in [0.1, 0.15) is 62.7 Å². The second kappa shape index (κ2) is 12.2. The second-order valence-electron chi connectivity index (χ2n) is 8.95. The lowest BCUT2D eigenvalue weighted by Gasteiger charge is -2.34. The molecule has 0 saturated carbocycles. The van der Waals surface area contributed by atoms with Crippen LogP contribution in [0, 0.1) is 5.92 Å². The largest absolute Gasteiger partial charge is 0.493 e. The Bertz CT molecular complexity index is 1040. The van der Waals surface area contributed by atoms with Gasteiger partial charge < -0.3 is 19.2 Å². The number of carboxylic acids is 1. The molecule has 0 spiro atoms. The first-order valence-electron chi connectivity index (χ1n) is 11.9. The molecule has 182 valence electrons. The number of nitrogens with zero attached hydrogens (tertiary/aromatic N) is 2. The number of oxazole rings is 1. The number of benzene rings is 1. The third-order valence-electron chi connectivity index (χ3n) is 5.66. The molecule has 7 nitrogen and oxygen atoms in total. The summed E-state index contributed by atoms with van der Waals surface area (Å²) in [7, 11) is 0. The molecule has 1 amide bonds. The van der Waals surface area contributed by atoms with Gasteiger partial charge in [-0.1, -0.05) is 45.4 Å². The van der Waals surface area contributed by atoms with E-state index < -0.39 is 12.0 Å². The Hall–Kier alpha value is -3.35. The number of hydrogen-bond acceptors (Lipinski definition) is 5. The van der Waals surface area contributed by atoms with E-state index >= 15 is 0 Å². The zero-order chi connectivity index (χ0) is 24.5. The predicted molar refractivity (Wildman–Crippen MR) is 130 cm³/mol. The third kappa shape index (κ3) is 7.07. The molecule has 0 aliphatic carbocycles. The Kier molecular flexibility index (Phi) is 9.08. The van der Waals surface area contributed by atoms with Crippen molar-refractivity contribution in [3.05, 3.63) is 65.4 Å². The number of carbonyl (C=O) groups is 2. The van der Waals surface area contributed by atoms with E-state index in [1.165, 1.54) is 11.0 Å². The molecule has 3 rings (SSSR count). The number of allylic oxidation sites excluding steroid dienone is 2. The van der Waals surface area contributed by atoms with E-state index in [4.69, 9.17) is 9.15 Å². The van der Waals surface area contributed by atoms with Crippen LogP contribution in [0.5, 0.6) is 5.75 Å². The molecule has 7 heteroatoms. The van der Waals surface area contributed by atoms with Gasteiger partial charge in [0.15, 0.2) is 0 Å². The van der Waals surface area contributed by atoms with Gasteiger partial charge in [-0.25, -0.2) is 9.78 Å². The van der Waals surface area contributed by atoms with E-state index in [0.29, 0.717) is 30.6 Å². The first kappa shape index (κ1) is 25.3. The molecule has 0 unspecified atom stereocenters. The van der Waals surface area contributed by atoms with Gasteiger partial charge in [0, 0.05) is 19.4 Å². The van der Waals surface area contributed by atoms with Crippen molar-refractivity contribution in [1.82, 2.24) is 9.88 Å². The van der Waals surface area contributed by atoms with Crippen molar-refractivity contribution >= 4 is 18.0 Å². The van der Waals surface area contributed by atoms with Crippen LogP contribution in [0.2, 0.25) is 0 Å². The van der Waals surface area contributed by atoms with Crippen molar-refractivity contribution in [1.29, 1.82) is 0 Å². The number of aromatic nitrogens is 1. The molecule has 0 fully saturated rings. The van der Waals surface area contributed by atoms with E-state index in [-0.39, 0.29) is 18.9 Å². The maximum Gasteiger partial charge on any atom is 0.326 e. The highest BCUT2D eigenvalue weighted by Crippen LogP contribution is 2.28. The minimum absolute atomic E-state index is 0.244. The van der Waals surface area contributed by atoms with E-state index in [2.05, 4.69) is 24.9 Å². The van der Waals surface area contributed by atoms with Gasteiger partial charge in [-0.05, 0) is 54.2 Å². The van der Waals surface area contributed by atoms with Crippen molar-refractivity contribution in [2.24, 2.45) is 5.92 Å². The van der Waals surface area contributed by atoms with Gasteiger partial charge in [-0.2, -0.15) is 0 Å². The Balaban J connectivity index is 1.60. The van der Waals surface area contributed by atoms with E-state index in [1.54, 1.807) is 12.3 Å². The van der Waals surface area contributed by atoms with Crippen molar-refractivity contribution in [3.8, 4) is 5.75 Å². The molecular weight excluding hydrogens is 432 g/mol. The van der Waals surface area contributed by atoms with Crippen molar-refractivity contribution in [2.75, 3.05) is 6.61 Å². The predicted octanol–water partition coefficient (Wildman–Crippen LogP) is 5.05. The highest BCUT2D eigenvalue weighted by molar-refractivity contribution is 5.91. The summed E-state index contributed by atoms with van der Waals surface area (Å²) in [5.41, 5.74) is 2.66. The highest BCUT2D eigenvalue weighted by Gasteiger charge is 2.33. The van der Waals surface area contributed by atoms with Crippen LogP contribution in [0.15, 0.2) is 47.1 Å². The lowest BCUT2D eigenvalue weighted by atomic mass is 9.93. The SMILES string of the molecule is CCC/C=C/C(=O)N1Cc2cc(OCCc3coc(/C=C/CC(C)C)n3)ccc2C[C@H]1C(=O)O. The van der Waals surface area contributed by atoms with Crippen LogP contribution < -0.4 is 4.74 Å². The number of unbranched alkanes of at least 4 members (excludes halogenated alkanes) is 1. The molecule has 0 radical (unpaired) electrons. The number of rotatable bonds is 11. The zero-order valence-corrected chi connectivity index (χ0v) is 20.2. The summed E-state index contributed by atoms with van der Waals surface area (Å²) in [5.74, 6) is 0.599. The average molecular weight is 467 g/mol. The number of hydrogen-bond donors (Lipinski definition) is 1. The molecule has 1 atom stereocenters. The van der Waals surface area contributed by atoms with Crippen LogP contribution in [0.25, 0.3) is 6.08 Å². The second-order valence-corrected chi connectivity index (χ2v) is 8.95. The molecule has 1 N–H and O–H groups in total. The van der Waals surface area contributed by atoms with Crippen LogP contribution in [-0.2, 0) is 29.0 Å². The number of carbonyl (C=O) groups excluding carboxylic acids is 1. The first-order valence-corrected chi connectivity index (χ1v) is 11.9. The van der Waals surface area contributed by atoms with Crippen LogP contribution in [-0.4, -0.2) is 39.5 Å². The summed E-state index contributed by atoms with van der Waals surface area (Å²) in [6.07, 6.45) is 12.5.